The molecule has 0 fully saturated rings. The van der Waals surface area contributed by atoms with Crippen molar-refractivity contribution in [3.05, 3.63) is 34.9 Å². The van der Waals surface area contributed by atoms with Gasteiger partial charge in [0.1, 0.15) is 0 Å². The molecule has 96 valence electrons. The minimum atomic E-state index is -0.120. The Hall–Kier alpha value is -1.06. The van der Waals surface area contributed by atoms with E-state index in [-0.39, 0.29) is 24.2 Å². The number of amides is 1. The third kappa shape index (κ3) is 4.75. The van der Waals surface area contributed by atoms with Crippen molar-refractivity contribution in [1.29, 1.82) is 0 Å². The lowest BCUT2D eigenvalue weighted by Crippen LogP contribution is -2.32. The maximum Gasteiger partial charge on any atom is 0.224 e. The van der Waals surface area contributed by atoms with Gasteiger partial charge in [-0.15, -0.1) is 12.4 Å². The van der Waals surface area contributed by atoms with Crippen molar-refractivity contribution >= 4 is 18.3 Å². The Kier molecular flexibility index (Phi) is 6.85. The van der Waals surface area contributed by atoms with E-state index in [1.165, 1.54) is 11.1 Å². The monoisotopic (exact) mass is 256 g/mol. The summed E-state index contributed by atoms with van der Waals surface area (Å²) in [6.07, 6.45) is 0. The Morgan fingerprint density at radius 1 is 1.41 bits per heavy atom. The summed E-state index contributed by atoms with van der Waals surface area (Å²) in [5.41, 5.74) is 9.03. The van der Waals surface area contributed by atoms with Gasteiger partial charge in [0.05, 0.1) is 0 Å². The molecular weight excluding hydrogens is 236 g/mol. The summed E-state index contributed by atoms with van der Waals surface area (Å²) in [6.45, 7) is 6.91. The molecule has 0 bridgehead atoms. The zero-order chi connectivity index (χ0) is 12.1. The van der Waals surface area contributed by atoms with E-state index in [1.54, 1.807) is 0 Å². The molecule has 0 saturated heterocycles. The van der Waals surface area contributed by atoms with E-state index in [9.17, 15) is 4.79 Å². The summed E-state index contributed by atoms with van der Waals surface area (Å²) in [4.78, 5) is 11.5. The number of hydrogen-bond acceptors (Lipinski definition) is 2. The Labute approximate surface area is 109 Å². The second-order valence-corrected chi connectivity index (χ2v) is 4.28. The molecule has 0 aliphatic carbocycles. The fourth-order valence-corrected chi connectivity index (χ4v) is 1.51. The summed E-state index contributed by atoms with van der Waals surface area (Å²) < 4.78 is 0. The molecule has 1 aromatic rings. The highest BCUT2D eigenvalue weighted by Crippen LogP contribution is 2.10. The number of nitrogens with two attached hydrogens (primary N) is 1. The Bertz CT molecular complexity index is 380. The van der Waals surface area contributed by atoms with E-state index in [0.717, 1.165) is 5.56 Å². The van der Waals surface area contributed by atoms with Gasteiger partial charge in [-0.05, 0) is 25.0 Å². The van der Waals surface area contributed by atoms with Crippen LogP contribution < -0.4 is 11.1 Å². The van der Waals surface area contributed by atoms with Crippen LogP contribution >= 0.6 is 12.4 Å². The van der Waals surface area contributed by atoms with E-state index in [4.69, 9.17) is 5.73 Å². The molecule has 1 aromatic carbocycles. The highest BCUT2D eigenvalue weighted by molar-refractivity contribution is 5.85. The topological polar surface area (TPSA) is 55.1 Å². The van der Waals surface area contributed by atoms with Crippen molar-refractivity contribution in [1.82, 2.24) is 5.32 Å². The maximum atomic E-state index is 11.5. The Balaban J connectivity index is 0.00000256. The zero-order valence-electron chi connectivity index (χ0n) is 10.6. The minimum Gasteiger partial charge on any atom is -0.352 e. The fraction of sp³-hybridized carbons (Fsp3) is 0.462. The average molecular weight is 257 g/mol. The number of nitrogens with one attached hydrogen (secondary N) is 1. The molecule has 0 radical (unpaired) electrons. The number of carbonyl (C=O) groups excluding carboxylic acids is 1. The normalized spacial score (nSPS) is 11.5. The minimum absolute atomic E-state index is 0. The molecule has 0 heterocycles. The molecule has 0 aliphatic heterocycles. The second-order valence-electron chi connectivity index (χ2n) is 4.28. The van der Waals surface area contributed by atoms with Crippen molar-refractivity contribution in [2.45, 2.75) is 27.3 Å². The number of carbonyl (C=O) groups is 1. The van der Waals surface area contributed by atoms with Crippen LogP contribution in [0.25, 0.3) is 0 Å². The van der Waals surface area contributed by atoms with E-state index in [0.29, 0.717) is 13.1 Å². The molecule has 1 amide bonds. The van der Waals surface area contributed by atoms with Gasteiger partial charge in [-0.25, -0.2) is 0 Å². The molecule has 4 heteroatoms. The number of halogens is 1. The number of rotatable bonds is 4. The van der Waals surface area contributed by atoms with Gasteiger partial charge >= 0.3 is 0 Å². The van der Waals surface area contributed by atoms with Gasteiger partial charge in [-0.3, -0.25) is 4.79 Å². The predicted octanol–water partition coefficient (Wildman–Crippen LogP) is 1.94. The summed E-state index contributed by atoms with van der Waals surface area (Å²) in [6, 6.07) is 6.23. The maximum absolute atomic E-state index is 11.5. The predicted molar refractivity (Wildman–Crippen MR) is 73.2 cm³/mol. The molecular formula is C13H21ClN2O. The first-order chi connectivity index (χ1) is 7.54. The quantitative estimate of drug-likeness (QED) is 0.865. The summed E-state index contributed by atoms with van der Waals surface area (Å²) in [7, 11) is 0. The van der Waals surface area contributed by atoms with Crippen LogP contribution in [0.3, 0.4) is 0 Å². The third-order valence-electron chi connectivity index (χ3n) is 2.75. The summed E-state index contributed by atoms with van der Waals surface area (Å²) >= 11 is 0. The number of benzene rings is 1. The van der Waals surface area contributed by atoms with Crippen molar-refractivity contribution in [2.24, 2.45) is 11.7 Å². The molecule has 3 nitrogen and oxygen atoms in total. The van der Waals surface area contributed by atoms with Gasteiger partial charge in [0.25, 0.3) is 0 Å². The fourth-order valence-electron chi connectivity index (χ4n) is 1.51. The first-order valence-corrected chi connectivity index (χ1v) is 5.58. The molecule has 3 N–H and O–H groups in total. The highest BCUT2D eigenvalue weighted by Gasteiger charge is 2.10. The zero-order valence-corrected chi connectivity index (χ0v) is 11.4. The Morgan fingerprint density at radius 3 is 2.59 bits per heavy atom. The van der Waals surface area contributed by atoms with E-state index in [1.807, 2.05) is 6.92 Å². The van der Waals surface area contributed by atoms with Crippen LogP contribution in [0.2, 0.25) is 0 Å². The van der Waals surface area contributed by atoms with Gasteiger partial charge in [-0.2, -0.15) is 0 Å². The van der Waals surface area contributed by atoms with E-state index >= 15 is 0 Å². The van der Waals surface area contributed by atoms with Gasteiger partial charge in [-0.1, -0.05) is 30.7 Å². The third-order valence-corrected chi connectivity index (χ3v) is 2.75. The van der Waals surface area contributed by atoms with Crippen LogP contribution in [0.4, 0.5) is 0 Å². The molecule has 0 aliphatic rings. The summed E-state index contributed by atoms with van der Waals surface area (Å²) in [5, 5.41) is 2.89. The van der Waals surface area contributed by atoms with Crippen molar-refractivity contribution in [3.8, 4) is 0 Å². The smallest absolute Gasteiger partial charge is 0.224 e. The van der Waals surface area contributed by atoms with Crippen molar-refractivity contribution in [3.63, 3.8) is 0 Å². The van der Waals surface area contributed by atoms with Crippen molar-refractivity contribution < 1.29 is 4.79 Å². The van der Waals surface area contributed by atoms with E-state index in [2.05, 4.69) is 37.4 Å². The number of aryl methyl sites for hydroxylation is 2. The van der Waals surface area contributed by atoms with Crippen LogP contribution in [-0.4, -0.2) is 12.5 Å². The van der Waals surface area contributed by atoms with Gasteiger partial charge < -0.3 is 11.1 Å². The van der Waals surface area contributed by atoms with Gasteiger partial charge in [0.2, 0.25) is 5.91 Å². The van der Waals surface area contributed by atoms with Crippen LogP contribution in [0.1, 0.15) is 23.6 Å². The average Bonchev–Trinajstić information content (AvgIpc) is 2.26. The van der Waals surface area contributed by atoms with E-state index < -0.39 is 0 Å². The molecule has 1 atom stereocenters. The molecule has 1 rings (SSSR count). The lowest BCUT2D eigenvalue weighted by atomic mass is 10.1. The van der Waals surface area contributed by atoms with Crippen molar-refractivity contribution in [2.75, 3.05) is 6.54 Å². The first-order valence-electron chi connectivity index (χ1n) is 5.58. The second kappa shape index (κ2) is 7.30. The SMILES string of the molecule is Cc1ccc(CNC(=O)C(C)CN)c(C)c1.Cl. The summed E-state index contributed by atoms with van der Waals surface area (Å²) in [5.74, 6) is -0.103. The van der Waals surface area contributed by atoms with Crippen LogP contribution in [-0.2, 0) is 11.3 Å². The molecule has 0 saturated carbocycles. The van der Waals surface area contributed by atoms with Crippen LogP contribution in [0.15, 0.2) is 18.2 Å². The lowest BCUT2D eigenvalue weighted by molar-refractivity contribution is -0.124. The molecule has 0 spiro atoms. The Morgan fingerprint density at radius 2 is 2.06 bits per heavy atom. The largest absolute Gasteiger partial charge is 0.352 e. The first kappa shape index (κ1) is 15.9. The molecule has 1 unspecified atom stereocenters. The van der Waals surface area contributed by atoms with Gasteiger partial charge in [0, 0.05) is 19.0 Å². The lowest BCUT2D eigenvalue weighted by Gasteiger charge is -2.11. The van der Waals surface area contributed by atoms with Crippen LogP contribution in [0.5, 0.6) is 0 Å². The van der Waals surface area contributed by atoms with Crippen LogP contribution in [0, 0.1) is 19.8 Å². The molecule has 17 heavy (non-hydrogen) atoms. The molecule has 0 aromatic heterocycles. The highest BCUT2D eigenvalue weighted by atomic mass is 35.5. The van der Waals surface area contributed by atoms with Gasteiger partial charge in [0.15, 0.2) is 0 Å². The number of hydrogen-bond donors (Lipinski definition) is 2. The standard InChI is InChI=1S/C13H20N2O.ClH/c1-9-4-5-12(10(2)6-9)8-15-13(16)11(3)7-14;/h4-6,11H,7-8,14H2,1-3H3,(H,15,16);1H.